The molecule has 0 spiro atoms. The smallest absolute Gasteiger partial charge is 0.151 e. The van der Waals surface area contributed by atoms with Gasteiger partial charge in [0.05, 0.1) is 17.3 Å². The van der Waals surface area contributed by atoms with Crippen LogP contribution in [0, 0.1) is 0 Å². The van der Waals surface area contributed by atoms with Crippen LogP contribution in [0.15, 0.2) is 42.5 Å². The largest absolute Gasteiger partial charge is 0.491 e. The maximum absolute atomic E-state index is 10.9. The number of hydrogen-bond donors (Lipinski definition) is 0. The molecule has 0 radical (unpaired) electrons. The van der Waals surface area contributed by atoms with E-state index in [1.165, 1.54) is 0 Å². The Bertz CT molecular complexity index is 642. The molecule has 0 saturated carbocycles. The lowest BCUT2D eigenvalue weighted by molar-refractivity contribution is 0.112. The van der Waals surface area contributed by atoms with Gasteiger partial charge in [-0.05, 0) is 36.8 Å². The number of benzene rings is 2. The third-order valence-electron chi connectivity index (χ3n) is 3.36. The number of aldehydes is 1. The van der Waals surface area contributed by atoms with Gasteiger partial charge in [0.1, 0.15) is 5.75 Å². The Labute approximate surface area is 122 Å². The van der Waals surface area contributed by atoms with E-state index >= 15 is 0 Å². The standard InChI is InChI=1S/C16H14ClNO2/c17-14-10-13(7-6-12(14)11-19)18-8-3-9-20-16-5-2-1-4-15(16)18/h1-2,4-7,10-11H,3,8-9H2. The molecule has 2 aromatic carbocycles. The van der Waals surface area contributed by atoms with Crippen LogP contribution in [0.3, 0.4) is 0 Å². The normalized spacial score (nSPS) is 14.2. The number of nitrogens with zero attached hydrogens (tertiary/aromatic N) is 1. The summed E-state index contributed by atoms with van der Waals surface area (Å²) in [6.07, 6.45) is 1.70. The molecule has 3 rings (SSSR count). The summed E-state index contributed by atoms with van der Waals surface area (Å²) in [4.78, 5) is 13.0. The fraction of sp³-hybridized carbons (Fsp3) is 0.188. The zero-order valence-electron chi connectivity index (χ0n) is 10.9. The zero-order valence-corrected chi connectivity index (χ0v) is 11.6. The summed E-state index contributed by atoms with van der Waals surface area (Å²) < 4.78 is 5.74. The van der Waals surface area contributed by atoms with Crippen LogP contribution in [-0.2, 0) is 0 Å². The second-order valence-corrected chi connectivity index (χ2v) is 5.05. The number of carbonyl (C=O) groups excluding carboxylic acids is 1. The maximum atomic E-state index is 10.9. The average molecular weight is 288 g/mol. The average Bonchev–Trinajstić information content (AvgIpc) is 2.69. The maximum Gasteiger partial charge on any atom is 0.151 e. The number of ether oxygens (including phenoxy) is 1. The predicted octanol–water partition coefficient (Wildman–Crippen LogP) is 4.07. The predicted molar refractivity (Wildman–Crippen MR) is 80.4 cm³/mol. The first-order valence-electron chi connectivity index (χ1n) is 6.53. The molecule has 0 amide bonds. The van der Waals surface area contributed by atoms with E-state index in [-0.39, 0.29) is 0 Å². The summed E-state index contributed by atoms with van der Waals surface area (Å²) >= 11 is 6.13. The molecule has 1 heterocycles. The second kappa shape index (κ2) is 5.55. The van der Waals surface area contributed by atoms with Crippen LogP contribution in [0.4, 0.5) is 11.4 Å². The Hall–Kier alpha value is -2.00. The molecule has 0 atom stereocenters. The molecule has 0 fully saturated rings. The first-order chi connectivity index (χ1) is 9.79. The summed E-state index contributed by atoms with van der Waals surface area (Å²) in [6.45, 7) is 1.56. The lowest BCUT2D eigenvalue weighted by Crippen LogP contribution is -2.17. The Morgan fingerprint density at radius 1 is 1.20 bits per heavy atom. The lowest BCUT2D eigenvalue weighted by atomic mass is 10.1. The van der Waals surface area contributed by atoms with Crippen molar-refractivity contribution in [2.45, 2.75) is 6.42 Å². The Kier molecular flexibility index (Phi) is 3.61. The second-order valence-electron chi connectivity index (χ2n) is 4.65. The monoisotopic (exact) mass is 287 g/mol. The minimum Gasteiger partial charge on any atom is -0.491 e. The molecule has 0 aliphatic carbocycles. The van der Waals surface area contributed by atoms with E-state index in [0.29, 0.717) is 17.2 Å². The van der Waals surface area contributed by atoms with Crippen molar-refractivity contribution in [2.24, 2.45) is 0 Å². The molecule has 2 aromatic rings. The fourth-order valence-corrected chi connectivity index (χ4v) is 2.59. The number of halogens is 1. The molecule has 0 saturated heterocycles. The minimum absolute atomic E-state index is 0.472. The fourth-order valence-electron chi connectivity index (χ4n) is 2.38. The van der Waals surface area contributed by atoms with E-state index in [9.17, 15) is 4.79 Å². The molecule has 4 heteroatoms. The number of fused-ring (bicyclic) bond motifs is 1. The van der Waals surface area contributed by atoms with Crippen molar-refractivity contribution in [1.29, 1.82) is 0 Å². The third-order valence-corrected chi connectivity index (χ3v) is 3.69. The Balaban J connectivity index is 2.05. The van der Waals surface area contributed by atoms with Gasteiger partial charge in [-0.2, -0.15) is 0 Å². The lowest BCUT2D eigenvalue weighted by Gasteiger charge is -2.24. The van der Waals surface area contributed by atoms with Crippen molar-refractivity contribution < 1.29 is 9.53 Å². The van der Waals surface area contributed by atoms with Gasteiger partial charge in [0, 0.05) is 17.8 Å². The number of para-hydroxylation sites is 2. The van der Waals surface area contributed by atoms with E-state index in [0.717, 1.165) is 36.4 Å². The van der Waals surface area contributed by atoms with Gasteiger partial charge < -0.3 is 9.64 Å². The number of carbonyl (C=O) groups is 1. The first kappa shape index (κ1) is 13.0. The van der Waals surface area contributed by atoms with Crippen molar-refractivity contribution in [2.75, 3.05) is 18.1 Å². The van der Waals surface area contributed by atoms with Gasteiger partial charge in [0.15, 0.2) is 6.29 Å². The Morgan fingerprint density at radius 2 is 2.05 bits per heavy atom. The molecular formula is C16H14ClNO2. The minimum atomic E-state index is 0.472. The molecule has 1 aliphatic heterocycles. The van der Waals surface area contributed by atoms with Crippen LogP contribution < -0.4 is 9.64 Å². The van der Waals surface area contributed by atoms with Crippen LogP contribution in [0.5, 0.6) is 5.75 Å². The first-order valence-corrected chi connectivity index (χ1v) is 6.91. The van der Waals surface area contributed by atoms with Crippen LogP contribution in [0.25, 0.3) is 0 Å². The molecule has 0 bridgehead atoms. The molecule has 20 heavy (non-hydrogen) atoms. The molecule has 1 aliphatic rings. The highest BCUT2D eigenvalue weighted by molar-refractivity contribution is 6.33. The summed E-state index contributed by atoms with van der Waals surface area (Å²) in [5.74, 6) is 0.876. The molecule has 0 N–H and O–H groups in total. The van der Waals surface area contributed by atoms with E-state index in [4.69, 9.17) is 16.3 Å². The van der Waals surface area contributed by atoms with Crippen LogP contribution in [-0.4, -0.2) is 19.4 Å². The van der Waals surface area contributed by atoms with E-state index in [1.807, 2.05) is 36.4 Å². The molecular weight excluding hydrogens is 274 g/mol. The number of anilines is 2. The van der Waals surface area contributed by atoms with Gasteiger partial charge in [0.2, 0.25) is 0 Å². The van der Waals surface area contributed by atoms with Crippen molar-refractivity contribution in [1.82, 2.24) is 0 Å². The van der Waals surface area contributed by atoms with Gasteiger partial charge in [0.25, 0.3) is 0 Å². The summed E-state index contributed by atoms with van der Waals surface area (Å²) in [5.41, 5.74) is 2.51. The summed E-state index contributed by atoms with van der Waals surface area (Å²) in [5, 5.41) is 0.472. The summed E-state index contributed by atoms with van der Waals surface area (Å²) in [7, 11) is 0. The third kappa shape index (κ3) is 2.37. The summed E-state index contributed by atoms with van der Waals surface area (Å²) in [6, 6.07) is 13.4. The van der Waals surface area contributed by atoms with Gasteiger partial charge >= 0.3 is 0 Å². The van der Waals surface area contributed by atoms with Crippen molar-refractivity contribution >= 4 is 29.3 Å². The van der Waals surface area contributed by atoms with Gasteiger partial charge in [-0.3, -0.25) is 4.79 Å². The highest BCUT2D eigenvalue weighted by Crippen LogP contribution is 2.36. The molecule has 102 valence electrons. The molecule has 0 aromatic heterocycles. The molecule has 3 nitrogen and oxygen atoms in total. The van der Waals surface area contributed by atoms with Crippen LogP contribution >= 0.6 is 11.6 Å². The van der Waals surface area contributed by atoms with Crippen molar-refractivity contribution in [3.05, 3.63) is 53.1 Å². The SMILES string of the molecule is O=Cc1ccc(N2CCCOc3ccccc32)cc1Cl. The van der Waals surface area contributed by atoms with Crippen molar-refractivity contribution in [3.63, 3.8) is 0 Å². The number of hydrogen-bond acceptors (Lipinski definition) is 3. The van der Waals surface area contributed by atoms with Crippen LogP contribution in [0.2, 0.25) is 5.02 Å². The quantitative estimate of drug-likeness (QED) is 0.780. The highest BCUT2D eigenvalue weighted by atomic mass is 35.5. The molecule has 0 unspecified atom stereocenters. The highest BCUT2D eigenvalue weighted by Gasteiger charge is 2.18. The van der Waals surface area contributed by atoms with Crippen molar-refractivity contribution in [3.8, 4) is 5.75 Å². The zero-order chi connectivity index (χ0) is 13.9. The van der Waals surface area contributed by atoms with E-state index < -0.39 is 0 Å². The Morgan fingerprint density at radius 3 is 2.85 bits per heavy atom. The van der Waals surface area contributed by atoms with E-state index in [2.05, 4.69) is 4.90 Å². The van der Waals surface area contributed by atoms with Gasteiger partial charge in [-0.1, -0.05) is 23.7 Å². The van der Waals surface area contributed by atoms with Gasteiger partial charge in [-0.25, -0.2) is 0 Å². The van der Waals surface area contributed by atoms with Gasteiger partial charge in [-0.15, -0.1) is 0 Å². The van der Waals surface area contributed by atoms with Crippen LogP contribution in [0.1, 0.15) is 16.8 Å². The van der Waals surface area contributed by atoms with E-state index in [1.54, 1.807) is 6.07 Å². The number of rotatable bonds is 2. The topological polar surface area (TPSA) is 29.5 Å².